The second kappa shape index (κ2) is 14.2. The maximum absolute atomic E-state index is 7.05. The van der Waals surface area contributed by atoms with Gasteiger partial charge >= 0.3 is 0 Å². The smallest absolute Gasteiger partial charge is 0.160 e. The summed E-state index contributed by atoms with van der Waals surface area (Å²) < 4.78 is 16.1. The Morgan fingerprint density at radius 2 is 0.970 bits per heavy atom. The largest absolute Gasteiger partial charge is 0.456 e. The third-order valence-electron chi connectivity index (χ3n) is 14.4. The molecule has 0 bridgehead atoms. The summed E-state index contributed by atoms with van der Waals surface area (Å²) in [5.41, 5.74) is 19.7. The molecule has 14 rings (SSSR count). The van der Waals surface area contributed by atoms with Gasteiger partial charge in [0, 0.05) is 49.4 Å². The van der Waals surface area contributed by atoms with Crippen LogP contribution in [0.4, 0.5) is 17.1 Å². The number of fused-ring (bicyclic) bond motifs is 12. The minimum absolute atomic E-state index is 0.134. The number of hydrogen-bond donors (Lipinski definition) is 0. The van der Waals surface area contributed by atoms with Crippen LogP contribution in [0, 0.1) is 0 Å². The van der Waals surface area contributed by atoms with Crippen molar-refractivity contribution >= 4 is 82.7 Å². The number of furan rings is 2. The molecule has 3 aromatic heterocycles. The van der Waals surface area contributed by atoms with Crippen molar-refractivity contribution in [1.82, 2.24) is 4.57 Å². The summed E-state index contributed by atoms with van der Waals surface area (Å²) in [6, 6.07) is 78.8. The summed E-state index contributed by atoms with van der Waals surface area (Å²) in [6.07, 6.45) is 0. The van der Waals surface area contributed by atoms with Crippen molar-refractivity contribution in [1.29, 1.82) is 0 Å². The van der Waals surface area contributed by atoms with Crippen molar-refractivity contribution in [3.8, 4) is 39.1 Å². The third-order valence-corrected chi connectivity index (χ3v) is 14.4. The first-order valence-electron chi connectivity index (χ1n) is 23.1. The molecular formula is C63H42N2O2. The number of para-hydroxylation sites is 3. The Balaban J connectivity index is 0.950. The predicted molar refractivity (Wildman–Crippen MR) is 278 cm³/mol. The summed E-state index contributed by atoms with van der Waals surface area (Å²) in [7, 11) is 0. The molecule has 0 saturated carbocycles. The van der Waals surface area contributed by atoms with Crippen LogP contribution >= 0.6 is 0 Å². The van der Waals surface area contributed by atoms with Gasteiger partial charge in [-0.25, -0.2) is 0 Å². The standard InChI is InChI=1S/C63H42N2O2/c1-63(2)53-23-10-6-19-46(53)47-33-32-45(37-54(47)63)64(43-30-27-40(28-31-43)39-15-4-3-5-16-39)44-18-14-17-41(35-44)42-29-34-58-51(36-42)52-38-59-60(50-22-9-13-26-57(50)66-59)61(62(52)67-58)65-55-24-11-7-20-48(55)49-21-8-12-25-56(49)65/h3-38H,1-2H3. The molecule has 0 radical (unpaired) electrons. The molecule has 0 saturated heterocycles. The Bertz CT molecular complexity index is 4080. The van der Waals surface area contributed by atoms with Gasteiger partial charge < -0.3 is 18.3 Å². The van der Waals surface area contributed by atoms with Crippen LogP contribution in [0.1, 0.15) is 25.0 Å². The van der Waals surface area contributed by atoms with E-state index in [-0.39, 0.29) is 5.41 Å². The molecule has 67 heavy (non-hydrogen) atoms. The average Bonchev–Trinajstić information content (AvgIpc) is 4.10. The van der Waals surface area contributed by atoms with Crippen LogP contribution in [0.15, 0.2) is 227 Å². The van der Waals surface area contributed by atoms with Crippen molar-refractivity contribution in [2.45, 2.75) is 19.3 Å². The monoisotopic (exact) mass is 858 g/mol. The van der Waals surface area contributed by atoms with Gasteiger partial charge in [-0.2, -0.15) is 0 Å². The lowest BCUT2D eigenvalue weighted by Crippen LogP contribution is -2.16. The molecule has 3 heterocycles. The third kappa shape index (κ3) is 5.60. The van der Waals surface area contributed by atoms with Gasteiger partial charge in [0.2, 0.25) is 0 Å². The Hall–Kier alpha value is -8.60. The van der Waals surface area contributed by atoms with E-state index in [0.29, 0.717) is 0 Å². The van der Waals surface area contributed by atoms with Crippen LogP contribution in [-0.4, -0.2) is 4.57 Å². The molecule has 4 nitrogen and oxygen atoms in total. The number of anilines is 3. The van der Waals surface area contributed by atoms with Crippen LogP contribution in [0.2, 0.25) is 0 Å². The molecule has 316 valence electrons. The maximum atomic E-state index is 7.05. The highest BCUT2D eigenvalue weighted by atomic mass is 16.3. The summed E-state index contributed by atoms with van der Waals surface area (Å²) >= 11 is 0. The second-order valence-electron chi connectivity index (χ2n) is 18.5. The van der Waals surface area contributed by atoms with Gasteiger partial charge in [0.05, 0.1) is 16.4 Å². The second-order valence-corrected chi connectivity index (χ2v) is 18.5. The first kappa shape index (κ1) is 37.7. The van der Waals surface area contributed by atoms with Gasteiger partial charge in [0.1, 0.15) is 22.4 Å². The molecule has 0 amide bonds. The quantitative estimate of drug-likeness (QED) is 0.167. The van der Waals surface area contributed by atoms with Gasteiger partial charge in [-0.05, 0) is 117 Å². The maximum Gasteiger partial charge on any atom is 0.160 e. The molecule has 0 fully saturated rings. The van der Waals surface area contributed by atoms with E-state index < -0.39 is 0 Å². The van der Waals surface area contributed by atoms with Gasteiger partial charge in [0.25, 0.3) is 0 Å². The van der Waals surface area contributed by atoms with E-state index in [1.165, 1.54) is 44.2 Å². The van der Waals surface area contributed by atoms with Gasteiger partial charge in [-0.15, -0.1) is 0 Å². The van der Waals surface area contributed by atoms with Gasteiger partial charge in [-0.1, -0.05) is 159 Å². The normalized spacial score (nSPS) is 13.0. The Morgan fingerprint density at radius 3 is 1.78 bits per heavy atom. The summed E-state index contributed by atoms with van der Waals surface area (Å²) in [5.74, 6) is 0. The topological polar surface area (TPSA) is 34.5 Å². The van der Waals surface area contributed by atoms with E-state index in [4.69, 9.17) is 8.83 Å². The van der Waals surface area contributed by atoms with Crippen LogP contribution in [0.5, 0.6) is 0 Å². The lowest BCUT2D eigenvalue weighted by Gasteiger charge is -2.28. The Kier molecular flexibility index (Phi) is 8.00. The fourth-order valence-electron chi connectivity index (χ4n) is 11.2. The molecule has 13 aromatic rings. The minimum Gasteiger partial charge on any atom is -0.456 e. The molecule has 4 heteroatoms. The molecule has 0 unspecified atom stereocenters. The Morgan fingerprint density at radius 1 is 0.373 bits per heavy atom. The molecule has 0 aliphatic heterocycles. The zero-order chi connectivity index (χ0) is 44.4. The summed E-state index contributed by atoms with van der Waals surface area (Å²) in [4.78, 5) is 2.40. The molecular weight excluding hydrogens is 817 g/mol. The van der Waals surface area contributed by atoms with E-state index in [9.17, 15) is 0 Å². The number of nitrogens with zero attached hydrogens (tertiary/aromatic N) is 2. The van der Waals surface area contributed by atoms with Crippen LogP contribution in [0.3, 0.4) is 0 Å². The van der Waals surface area contributed by atoms with Crippen LogP contribution in [-0.2, 0) is 5.41 Å². The molecule has 0 atom stereocenters. The first-order valence-corrected chi connectivity index (χ1v) is 23.1. The van der Waals surface area contributed by atoms with E-state index in [1.807, 2.05) is 6.07 Å². The number of rotatable bonds is 6. The highest BCUT2D eigenvalue weighted by Gasteiger charge is 2.36. The lowest BCUT2D eigenvalue weighted by molar-refractivity contribution is 0.660. The van der Waals surface area contributed by atoms with Crippen LogP contribution < -0.4 is 4.90 Å². The number of benzene rings is 10. The number of hydrogen-bond acceptors (Lipinski definition) is 3. The van der Waals surface area contributed by atoms with Crippen molar-refractivity contribution in [2.75, 3.05) is 4.90 Å². The van der Waals surface area contributed by atoms with E-state index in [2.05, 4.69) is 236 Å². The first-order chi connectivity index (χ1) is 33.0. The molecule has 1 aliphatic rings. The number of aromatic nitrogens is 1. The minimum atomic E-state index is -0.134. The lowest BCUT2D eigenvalue weighted by atomic mass is 9.82. The van der Waals surface area contributed by atoms with Gasteiger partial charge in [-0.3, -0.25) is 0 Å². The molecule has 0 N–H and O–H groups in total. The van der Waals surface area contributed by atoms with Gasteiger partial charge in [0.15, 0.2) is 5.58 Å². The van der Waals surface area contributed by atoms with E-state index in [1.54, 1.807) is 0 Å². The molecule has 0 spiro atoms. The highest BCUT2D eigenvalue weighted by Crippen LogP contribution is 2.51. The average molecular weight is 859 g/mol. The molecule has 1 aliphatic carbocycles. The molecule has 10 aromatic carbocycles. The zero-order valence-corrected chi connectivity index (χ0v) is 37.0. The summed E-state index contributed by atoms with van der Waals surface area (Å²) in [5, 5.41) is 6.55. The van der Waals surface area contributed by atoms with Crippen molar-refractivity contribution in [3.05, 3.63) is 230 Å². The van der Waals surface area contributed by atoms with E-state index >= 15 is 0 Å². The van der Waals surface area contributed by atoms with Crippen molar-refractivity contribution < 1.29 is 8.83 Å². The predicted octanol–water partition coefficient (Wildman–Crippen LogP) is 17.7. The SMILES string of the molecule is CC1(C)c2ccccc2-c2ccc(N(c3ccc(-c4ccccc4)cc3)c3cccc(-c4ccc5oc6c(-n7c8ccccc8c8ccccc87)c7c(cc6c5c4)oc4ccccc47)c3)cc21. The zero-order valence-electron chi connectivity index (χ0n) is 37.0. The summed E-state index contributed by atoms with van der Waals surface area (Å²) in [6.45, 7) is 4.70. The Labute approximate surface area is 387 Å². The van der Waals surface area contributed by atoms with Crippen LogP contribution in [0.25, 0.3) is 105 Å². The fraction of sp³-hybridized carbons (Fsp3) is 0.0476. The van der Waals surface area contributed by atoms with Crippen molar-refractivity contribution in [3.63, 3.8) is 0 Å². The fourth-order valence-corrected chi connectivity index (χ4v) is 11.2. The van der Waals surface area contributed by atoms with Crippen molar-refractivity contribution in [2.24, 2.45) is 0 Å². The highest BCUT2D eigenvalue weighted by molar-refractivity contribution is 6.23. The van der Waals surface area contributed by atoms with E-state index in [0.717, 1.165) is 88.8 Å².